The molecule has 1 N–H and O–H groups in total. The first-order chi connectivity index (χ1) is 13.9. The number of ether oxygens (including phenoxy) is 2. The Morgan fingerprint density at radius 2 is 1.90 bits per heavy atom. The monoisotopic (exact) mass is 461 g/mol. The number of nitrogens with one attached hydrogen (secondary N) is 1. The van der Waals surface area contributed by atoms with Gasteiger partial charge in [0.2, 0.25) is 5.91 Å². The summed E-state index contributed by atoms with van der Waals surface area (Å²) in [6.45, 7) is 2.18. The van der Waals surface area contributed by atoms with Gasteiger partial charge < -0.3 is 14.4 Å². The van der Waals surface area contributed by atoms with Crippen molar-refractivity contribution >= 4 is 34.0 Å². The highest BCUT2D eigenvalue weighted by molar-refractivity contribution is 9.10. The number of halogens is 1. The highest BCUT2D eigenvalue weighted by Gasteiger charge is 2.14. The molecule has 2 amide bonds. The van der Waals surface area contributed by atoms with Gasteiger partial charge in [-0.05, 0) is 46.1 Å². The molecule has 0 saturated heterocycles. The van der Waals surface area contributed by atoms with Crippen LogP contribution in [-0.4, -0.2) is 50.2 Å². The molecule has 8 heteroatoms. The Morgan fingerprint density at radius 1 is 1.17 bits per heavy atom. The van der Waals surface area contributed by atoms with Gasteiger partial charge >= 0.3 is 0 Å². The lowest BCUT2D eigenvalue weighted by Gasteiger charge is -2.16. The first-order valence-corrected chi connectivity index (χ1v) is 9.85. The third-order valence-corrected chi connectivity index (χ3v) is 4.37. The number of nitrogens with zero attached hydrogens (tertiary/aromatic N) is 2. The zero-order chi connectivity index (χ0) is 21.2. The van der Waals surface area contributed by atoms with E-state index in [-0.39, 0.29) is 24.8 Å². The largest absolute Gasteiger partial charge is 0.490 e. The molecule has 0 heterocycles. The van der Waals surface area contributed by atoms with Crippen molar-refractivity contribution in [3.05, 3.63) is 58.1 Å². The summed E-state index contributed by atoms with van der Waals surface area (Å²) in [6, 6.07) is 12.9. The van der Waals surface area contributed by atoms with Gasteiger partial charge in [0.05, 0.1) is 23.7 Å². The van der Waals surface area contributed by atoms with E-state index in [1.54, 1.807) is 26.2 Å². The van der Waals surface area contributed by atoms with Crippen LogP contribution in [0.15, 0.2) is 52.0 Å². The Bertz CT molecular complexity index is 870. The molecule has 0 aliphatic rings. The minimum Gasteiger partial charge on any atom is -0.490 e. The van der Waals surface area contributed by atoms with Crippen molar-refractivity contribution in [2.24, 2.45) is 5.10 Å². The summed E-state index contributed by atoms with van der Waals surface area (Å²) in [5.41, 5.74) is 4.12. The van der Waals surface area contributed by atoms with Gasteiger partial charge in [0.1, 0.15) is 0 Å². The first kappa shape index (κ1) is 22.4. The Kier molecular flexibility index (Phi) is 8.67. The molecule has 2 aromatic rings. The smallest absolute Gasteiger partial charge is 0.259 e. The van der Waals surface area contributed by atoms with Crippen molar-refractivity contribution in [3.8, 4) is 11.5 Å². The first-order valence-electron chi connectivity index (χ1n) is 9.05. The molecular weight excluding hydrogens is 438 g/mol. The van der Waals surface area contributed by atoms with Crippen LogP contribution < -0.4 is 14.9 Å². The van der Waals surface area contributed by atoms with Crippen molar-refractivity contribution in [2.75, 3.05) is 27.3 Å². The molecule has 2 aromatic carbocycles. The van der Waals surface area contributed by atoms with Gasteiger partial charge in [-0.3, -0.25) is 9.59 Å². The minimum absolute atomic E-state index is 0.103. The summed E-state index contributed by atoms with van der Waals surface area (Å²) in [5.74, 6) is 0.544. The van der Waals surface area contributed by atoms with E-state index in [1.165, 1.54) is 11.1 Å². The van der Waals surface area contributed by atoms with Crippen LogP contribution in [0, 0.1) is 0 Å². The van der Waals surface area contributed by atoms with Crippen molar-refractivity contribution in [1.82, 2.24) is 10.3 Å². The standard InChI is InChI=1S/C21H24BrN3O4/c1-4-28-18-11-16(10-17(22)21(18)29-14-20(27)25(2)3)13-23-24-19(26)12-15-8-6-5-7-9-15/h5-11,13H,4,12,14H2,1-3H3,(H,24,26)/b23-13+. The van der Waals surface area contributed by atoms with Crippen molar-refractivity contribution in [2.45, 2.75) is 13.3 Å². The van der Waals surface area contributed by atoms with Crippen LogP contribution in [0.5, 0.6) is 11.5 Å². The van der Waals surface area contributed by atoms with E-state index >= 15 is 0 Å². The van der Waals surface area contributed by atoms with E-state index in [1.807, 2.05) is 37.3 Å². The Morgan fingerprint density at radius 3 is 2.55 bits per heavy atom. The fourth-order valence-corrected chi connectivity index (χ4v) is 2.90. The highest BCUT2D eigenvalue weighted by atomic mass is 79.9. The van der Waals surface area contributed by atoms with E-state index in [2.05, 4.69) is 26.5 Å². The maximum Gasteiger partial charge on any atom is 0.259 e. The molecule has 0 spiro atoms. The van der Waals surface area contributed by atoms with Gasteiger partial charge in [0.25, 0.3) is 5.91 Å². The van der Waals surface area contributed by atoms with Gasteiger partial charge in [0.15, 0.2) is 18.1 Å². The molecule has 0 unspecified atom stereocenters. The van der Waals surface area contributed by atoms with Gasteiger partial charge in [-0.2, -0.15) is 5.10 Å². The van der Waals surface area contributed by atoms with Crippen LogP contribution in [-0.2, 0) is 16.0 Å². The maximum atomic E-state index is 12.0. The number of rotatable bonds is 9. The lowest BCUT2D eigenvalue weighted by molar-refractivity contribution is -0.130. The molecule has 2 rings (SSSR count). The Labute approximate surface area is 178 Å². The third-order valence-electron chi connectivity index (χ3n) is 3.78. The summed E-state index contributed by atoms with van der Waals surface area (Å²) in [4.78, 5) is 25.2. The molecular formula is C21H24BrN3O4. The Balaban J connectivity index is 2.05. The van der Waals surface area contributed by atoms with Crippen LogP contribution in [0.4, 0.5) is 0 Å². The molecule has 0 aliphatic carbocycles. The molecule has 0 radical (unpaired) electrons. The van der Waals surface area contributed by atoms with E-state index in [4.69, 9.17) is 9.47 Å². The van der Waals surface area contributed by atoms with Crippen LogP contribution in [0.3, 0.4) is 0 Å². The number of hydrogen-bond acceptors (Lipinski definition) is 5. The number of amides is 2. The third kappa shape index (κ3) is 7.23. The number of carbonyl (C=O) groups excluding carboxylic acids is 2. The van der Waals surface area contributed by atoms with Gasteiger partial charge in [0, 0.05) is 14.1 Å². The van der Waals surface area contributed by atoms with E-state index in [0.29, 0.717) is 28.1 Å². The van der Waals surface area contributed by atoms with Crippen molar-refractivity contribution in [1.29, 1.82) is 0 Å². The molecule has 0 atom stereocenters. The predicted molar refractivity (Wildman–Crippen MR) is 115 cm³/mol. The van der Waals surface area contributed by atoms with Crippen LogP contribution in [0.2, 0.25) is 0 Å². The van der Waals surface area contributed by atoms with Crippen molar-refractivity contribution < 1.29 is 19.1 Å². The molecule has 0 aliphatic heterocycles. The normalized spacial score (nSPS) is 10.6. The lowest BCUT2D eigenvalue weighted by atomic mass is 10.1. The van der Waals surface area contributed by atoms with Gasteiger partial charge in [-0.25, -0.2) is 5.43 Å². The molecule has 7 nitrogen and oxygen atoms in total. The second-order valence-corrected chi connectivity index (χ2v) is 7.15. The number of carbonyl (C=O) groups is 2. The van der Waals surface area contributed by atoms with Crippen LogP contribution in [0.1, 0.15) is 18.1 Å². The van der Waals surface area contributed by atoms with Gasteiger partial charge in [-0.15, -0.1) is 0 Å². The highest BCUT2D eigenvalue weighted by Crippen LogP contribution is 2.36. The lowest BCUT2D eigenvalue weighted by Crippen LogP contribution is -2.27. The zero-order valence-corrected chi connectivity index (χ0v) is 18.2. The van der Waals surface area contributed by atoms with Crippen LogP contribution >= 0.6 is 15.9 Å². The summed E-state index contributed by atoms with van der Waals surface area (Å²) >= 11 is 3.44. The topological polar surface area (TPSA) is 80.2 Å². The van der Waals surface area contributed by atoms with Gasteiger partial charge in [-0.1, -0.05) is 30.3 Å². The molecule has 154 valence electrons. The SMILES string of the molecule is CCOc1cc(/C=N/NC(=O)Cc2ccccc2)cc(Br)c1OCC(=O)N(C)C. The number of hydrogen-bond donors (Lipinski definition) is 1. The fourth-order valence-electron chi connectivity index (χ4n) is 2.33. The number of hydrazone groups is 1. The molecule has 0 fully saturated rings. The molecule has 0 saturated carbocycles. The maximum absolute atomic E-state index is 12.0. The summed E-state index contributed by atoms with van der Waals surface area (Å²) < 4.78 is 11.9. The predicted octanol–water partition coefficient (Wildman–Crippen LogP) is 3.01. The second-order valence-electron chi connectivity index (χ2n) is 6.30. The summed E-state index contributed by atoms with van der Waals surface area (Å²) in [7, 11) is 3.33. The molecule has 29 heavy (non-hydrogen) atoms. The quantitative estimate of drug-likeness (QED) is 0.459. The molecule has 0 bridgehead atoms. The van der Waals surface area contributed by atoms with E-state index < -0.39 is 0 Å². The van der Waals surface area contributed by atoms with E-state index in [0.717, 1.165) is 5.56 Å². The summed E-state index contributed by atoms with van der Waals surface area (Å²) in [5, 5.41) is 4.00. The minimum atomic E-state index is -0.210. The summed E-state index contributed by atoms with van der Waals surface area (Å²) in [6.07, 6.45) is 1.77. The van der Waals surface area contributed by atoms with E-state index in [9.17, 15) is 9.59 Å². The average Bonchev–Trinajstić information content (AvgIpc) is 2.68. The second kappa shape index (κ2) is 11.2. The number of likely N-dealkylation sites (N-methyl/N-ethyl adjacent to an activating group) is 1. The fraction of sp³-hybridized carbons (Fsp3) is 0.286. The average molecular weight is 462 g/mol. The van der Waals surface area contributed by atoms with Crippen molar-refractivity contribution in [3.63, 3.8) is 0 Å². The molecule has 0 aromatic heterocycles. The number of benzene rings is 2. The van der Waals surface area contributed by atoms with Crippen LogP contribution in [0.25, 0.3) is 0 Å². The zero-order valence-electron chi connectivity index (χ0n) is 16.6. The Hall–Kier alpha value is -2.87.